The monoisotopic (exact) mass is 251 g/mol. The zero-order chi connectivity index (χ0) is 12.2. The van der Waals surface area contributed by atoms with Gasteiger partial charge in [0.2, 0.25) is 0 Å². The average molecular weight is 251 g/mol. The van der Waals surface area contributed by atoms with Crippen molar-refractivity contribution in [1.82, 2.24) is 15.1 Å². The molecular weight excluding hydrogens is 222 g/mol. The molecule has 104 valence electrons. The van der Waals surface area contributed by atoms with Crippen molar-refractivity contribution in [1.29, 1.82) is 0 Å². The van der Waals surface area contributed by atoms with Crippen molar-refractivity contribution >= 4 is 0 Å². The van der Waals surface area contributed by atoms with Gasteiger partial charge in [0.15, 0.2) is 0 Å². The van der Waals surface area contributed by atoms with Gasteiger partial charge in [-0.15, -0.1) is 0 Å². The van der Waals surface area contributed by atoms with Crippen LogP contribution in [0, 0.1) is 5.92 Å². The molecule has 0 aromatic heterocycles. The third-order valence-electron chi connectivity index (χ3n) is 5.19. The first kappa shape index (κ1) is 12.9. The van der Waals surface area contributed by atoms with E-state index in [2.05, 4.69) is 15.1 Å². The van der Waals surface area contributed by atoms with E-state index in [0.29, 0.717) is 0 Å². The molecule has 0 aliphatic carbocycles. The summed E-state index contributed by atoms with van der Waals surface area (Å²) in [5.74, 6) is 0.967. The third-order valence-corrected chi connectivity index (χ3v) is 5.19. The van der Waals surface area contributed by atoms with Crippen LogP contribution in [0.5, 0.6) is 0 Å². The molecule has 0 unspecified atom stereocenters. The number of hydrogen-bond acceptors (Lipinski definition) is 3. The highest BCUT2D eigenvalue weighted by molar-refractivity contribution is 4.83. The molecule has 3 heterocycles. The average Bonchev–Trinajstić information content (AvgIpc) is 2.95. The molecule has 3 heteroatoms. The Bertz CT molecular complexity index is 236. The van der Waals surface area contributed by atoms with Gasteiger partial charge in [-0.3, -0.25) is 0 Å². The summed E-state index contributed by atoms with van der Waals surface area (Å²) in [6.07, 6.45) is 8.51. The van der Waals surface area contributed by atoms with Gasteiger partial charge >= 0.3 is 0 Å². The van der Waals surface area contributed by atoms with Crippen molar-refractivity contribution in [2.75, 3.05) is 45.8 Å². The molecule has 3 nitrogen and oxygen atoms in total. The highest BCUT2D eigenvalue weighted by Crippen LogP contribution is 2.22. The molecule has 18 heavy (non-hydrogen) atoms. The lowest BCUT2D eigenvalue weighted by Gasteiger charge is -2.38. The Balaban J connectivity index is 1.39. The molecule has 3 aliphatic heterocycles. The van der Waals surface area contributed by atoms with Gasteiger partial charge in [-0.1, -0.05) is 0 Å². The van der Waals surface area contributed by atoms with Crippen LogP contribution in [0.2, 0.25) is 0 Å². The minimum atomic E-state index is 0.914. The standard InChI is InChI=1S/C15H29N3/c1-2-10-18(9-1)15-5-11-17(12-6-15)13-14-3-7-16-8-4-14/h14-16H,1-13H2. The predicted molar refractivity (Wildman–Crippen MR) is 75.9 cm³/mol. The molecule has 0 radical (unpaired) electrons. The van der Waals surface area contributed by atoms with Crippen molar-refractivity contribution in [3.8, 4) is 0 Å². The molecule has 3 fully saturated rings. The van der Waals surface area contributed by atoms with E-state index >= 15 is 0 Å². The summed E-state index contributed by atoms with van der Waals surface area (Å²) in [6.45, 7) is 9.31. The summed E-state index contributed by atoms with van der Waals surface area (Å²) < 4.78 is 0. The molecule has 0 amide bonds. The fourth-order valence-electron chi connectivity index (χ4n) is 4.00. The zero-order valence-corrected chi connectivity index (χ0v) is 11.7. The van der Waals surface area contributed by atoms with E-state index in [9.17, 15) is 0 Å². The van der Waals surface area contributed by atoms with Crippen molar-refractivity contribution in [2.45, 2.75) is 44.6 Å². The Morgan fingerprint density at radius 2 is 1.50 bits per heavy atom. The van der Waals surface area contributed by atoms with Crippen LogP contribution >= 0.6 is 0 Å². The fourth-order valence-corrected chi connectivity index (χ4v) is 4.00. The second-order valence-electron chi connectivity index (χ2n) is 6.47. The first-order valence-corrected chi connectivity index (χ1v) is 8.09. The maximum atomic E-state index is 3.47. The van der Waals surface area contributed by atoms with Crippen molar-refractivity contribution in [3.63, 3.8) is 0 Å². The predicted octanol–water partition coefficient (Wildman–Crippen LogP) is 1.55. The molecule has 3 saturated heterocycles. The van der Waals surface area contributed by atoms with Crippen molar-refractivity contribution in [3.05, 3.63) is 0 Å². The molecule has 0 atom stereocenters. The fraction of sp³-hybridized carbons (Fsp3) is 1.00. The van der Waals surface area contributed by atoms with Crippen LogP contribution in [-0.4, -0.2) is 61.7 Å². The largest absolute Gasteiger partial charge is 0.317 e. The molecule has 0 bridgehead atoms. The van der Waals surface area contributed by atoms with E-state index in [-0.39, 0.29) is 0 Å². The quantitative estimate of drug-likeness (QED) is 0.821. The van der Waals surface area contributed by atoms with Crippen LogP contribution in [0.25, 0.3) is 0 Å². The molecular formula is C15H29N3. The van der Waals surface area contributed by atoms with E-state index in [1.807, 2.05) is 0 Å². The third kappa shape index (κ3) is 3.25. The second kappa shape index (κ2) is 6.36. The normalized spacial score (nSPS) is 30.0. The number of likely N-dealkylation sites (tertiary alicyclic amines) is 2. The Labute approximate surface area is 112 Å². The Kier molecular flexibility index (Phi) is 4.55. The van der Waals surface area contributed by atoms with E-state index < -0.39 is 0 Å². The number of piperidine rings is 2. The van der Waals surface area contributed by atoms with E-state index in [4.69, 9.17) is 0 Å². The number of rotatable bonds is 3. The first-order valence-electron chi connectivity index (χ1n) is 8.09. The van der Waals surface area contributed by atoms with Crippen molar-refractivity contribution < 1.29 is 0 Å². The van der Waals surface area contributed by atoms with Gasteiger partial charge in [0.1, 0.15) is 0 Å². The van der Waals surface area contributed by atoms with Gasteiger partial charge in [-0.2, -0.15) is 0 Å². The maximum absolute atomic E-state index is 3.47. The Hall–Kier alpha value is -0.120. The maximum Gasteiger partial charge on any atom is 0.0120 e. The summed E-state index contributed by atoms with van der Waals surface area (Å²) in [6, 6.07) is 0.914. The molecule has 0 saturated carbocycles. The summed E-state index contributed by atoms with van der Waals surface area (Å²) in [4.78, 5) is 5.49. The summed E-state index contributed by atoms with van der Waals surface area (Å²) in [5.41, 5.74) is 0. The summed E-state index contributed by atoms with van der Waals surface area (Å²) in [5, 5.41) is 3.47. The Morgan fingerprint density at radius 3 is 2.17 bits per heavy atom. The topological polar surface area (TPSA) is 18.5 Å². The van der Waals surface area contributed by atoms with Crippen LogP contribution in [0.3, 0.4) is 0 Å². The smallest absolute Gasteiger partial charge is 0.0120 e. The van der Waals surface area contributed by atoms with Crippen LogP contribution in [0.1, 0.15) is 38.5 Å². The number of nitrogens with zero attached hydrogens (tertiary/aromatic N) is 2. The summed E-state index contributed by atoms with van der Waals surface area (Å²) >= 11 is 0. The van der Waals surface area contributed by atoms with Gasteiger partial charge < -0.3 is 15.1 Å². The SMILES string of the molecule is C1CCN(C2CCN(CC3CCNCC3)CC2)C1. The number of hydrogen-bond donors (Lipinski definition) is 1. The van der Waals surface area contributed by atoms with Gasteiger partial charge in [-0.05, 0) is 83.7 Å². The molecule has 0 aromatic rings. The highest BCUT2D eigenvalue weighted by atomic mass is 15.2. The lowest BCUT2D eigenvalue weighted by Crippen LogP contribution is -2.46. The van der Waals surface area contributed by atoms with Gasteiger partial charge in [0.05, 0.1) is 0 Å². The highest BCUT2D eigenvalue weighted by Gasteiger charge is 2.27. The minimum absolute atomic E-state index is 0.914. The van der Waals surface area contributed by atoms with E-state index in [1.165, 1.54) is 84.3 Å². The van der Waals surface area contributed by atoms with Gasteiger partial charge in [0.25, 0.3) is 0 Å². The van der Waals surface area contributed by atoms with Crippen LogP contribution in [0.4, 0.5) is 0 Å². The lowest BCUT2D eigenvalue weighted by atomic mass is 9.95. The van der Waals surface area contributed by atoms with Crippen molar-refractivity contribution in [2.24, 2.45) is 5.92 Å². The summed E-state index contributed by atoms with van der Waals surface area (Å²) in [7, 11) is 0. The molecule has 0 aromatic carbocycles. The van der Waals surface area contributed by atoms with Gasteiger partial charge in [0, 0.05) is 12.6 Å². The minimum Gasteiger partial charge on any atom is -0.317 e. The van der Waals surface area contributed by atoms with Crippen LogP contribution in [0.15, 0.2) is 0 Å². The molecule has 1 N–H and O–H groups in total. The zero-order valence-electron chi connectivity index (χ0n) is 11.7. The van der Waals surface area contributed by atoms with Crippen LogP contribution < -0.4 is 5.32 Å². The molecule has 3 aliphatic rings. The molecule has 0 spiro atoms. The first-order chi connectivity index (χ1) is 8.92. The second-order valence-corrected chi connectivity index (χ2v) is 6.47. The Morgan fingerprint density at radius 1 is 0.833 bits per heavy atom. The number of nitrogens with one attached hydrogen (secondary N) is 1. The van der Waals surface area contributed by atoms with E-state index in [1.54, 1.807) is 0 Å². The molecule has 3 rings (SSSR count). The van der Waals surface area contributed by atoms with E-state index in [0.717, 1.165) is 12.0 Å². The van der Waals surface area contributed by atoms with Gasteiger partial charge in [-0.25, -0.2) is 0 Å². The van der Waals surface area contributed by atoms with Crippen LogP contribution in [-0.2, 0) is 0 Å². The lowest BCUT2D eigenvalue weighted by molar-refractivity contribution is 0.109.